The van der Waals surface area contributed by atoms with Gasteiger partial charge in [0.2, 0.25) is 17.7 Å². The second-order valence-corrected chi connectivity index (χ2v) is 20.3. The summed E-state index contributed by atoms with van der Waals surface area (Å²) in [5, 5.41) is 28.9. The van der Waals surface area contributed by atoms with Crippen molar-refractivity contribution in [3.8, 4) is 22.3 Å². The lowest BCUT2D eigenvalue weighted by molar-refractivity contribution is -0.144. The molecule has 17 nitrogen and oxygen atoms in total. The Balaban J connectivity index is 0.762. The van der Waals surface area contributed by atoms with Crippen LogP contribution in [0.1, 0.15) is 74.0 Å². The van der Waals surface area contributed by atoms with Crippen molar-refractivity contribution in [1.29, 1.82) is 0 Å². The van der Waals surface area contributed by atoms with Gasteiger partial charge in [-0.2, -0.15) is 0 Å². The van der Waals surface area contributed by atoms with Crippen molar-refractivity contribution in [2.45, 2.75) is 78.7 Å². The van der Waals surface area contributed by atoms with Crippen LogP contribution < -0.4 is 31.9 Å². The first kappa shape index (κ1) is 56.5. The Morgan fingerprint density at radius 1 is 0.868 bits per heavy atom. The van der Waals surface area contributed by atoms with E-state index in [-0.39, 0.29) is 62.8 Å². The molecular weight excluding hydrogens is 985 g/mol. The molecule has 1 aromatic heterocycles. The van der Waals surface area contributed by atoms with Crippen molar-refractivity contribution in [2.24, 2.45) is 5.41 Å². The van der Waals surface area contributed by atoms with Crippen LogP contribution in [0.15, 0.2) is 103 Å². The number of aliphatic hydroxyl groups is 1. The molecular formula is C58H68N8O9S. The molecule has 1 saturated heterocycles. The zero-order valence-electron chi connectivity index (χ0n) is 43.8. The van der Waals surface area contributed by atoms with Gasteiger partial charge in [0.25, 0.3) is 11.8 Å². The number of β-amino-alcohol motifs (C(OH)–C–C–N with tert-alkyl or cyclic N) is 1. The Hall–Kier alpha value is -7.24. The molecule has 7 N–H and O–H groups in total. The van der Waals surface area contributed by atoms with Crippen LogP contribution in [0.25, 0.3) is 21.7 Å². The monoisotopic (exact) mass is 1050 g/mol. The molecule has 18 heteroatoms. The summed E-state index contributed by atoms with van der Waals surface area (Å²) < 4.78 is 17.0. The van der Waals surface area contributed by atoms with Crippen LogP contribution in [-0.4, -0.2) is 122 Å². The number of fused-ring (bicyclic) bond motifs is 1. The maximum atomic E-state index is 14.0. The van der Waals surface area contributed by atoms with Crippen molar-refractivity contribution < 1.29 is 43.3 Å². The summed E-state index contributed by atoms with van der Waals surface area (Å²) in [7, 11) is 0. The topological polar surface area (TPSA) is 222 Å². The molecule has 4 aromatic carbocycles. The number of likely N-dealkylation sites (tertiary alicyclic amines) is 1. The van der Waals surface area contributed by atoms with E-state index in [1.807, 2.05) is 125 Å². The van der Waals surface area contributed by atoms with Crippen molar-refractivity contribution in [2.75, 3.05) is 69.9 Å². The van der Waals surface area contributed by atoms with Gasteiger partial charge in [-0.05, 0) is 65.8 Å². The minimum atomic E-state index is -0.934. The Labute approximate surface area is 448 Å². The normalized spacial score (nSPS) is 16.0. The number of thiazole rings is 1. The number of amides is 5. The molecule has 1 fully saturated rings. The minimum absolute atomic E-state index is 0.00882. The van der Waals surface area contributed by atoms with Gasteiger partial charge in [-0.1, -0.05) is 99.5 Å². The van der Waals surface area contributed by atoms with Crippen LogP contribution in [0.4, 0.5) is 11.4 Å². The maximum Gasteiger partial charge on any atom is 0.296 e. The fourth-order valence-corrected chi connectivity index (χ4v) is 9.48. The number of ether oxygens (including phenoxy) is 3. The van der Waals surface area contributed by atoms with E-state index in [0.717, 1.165) is 44.1 Å². The van der Waals surface area contributed by atoms with Gasteiger partial charge < -0.3 is 56.1 Å². The quantitative estimate of drug-likeness (QED) is 0.0219. The highest BCUT2D eigenvalue weighted by Crippen LogP contribution is 2.38. The molecule has 3 heterocycles. The smallest absolute Gasteiger partial charge is 0.296 e. The predicted octanol–water partition coefficient (Wildman–Crippen LogP) is 5.88. The number of rotatable bonds is 24. The second-order valence-electron chi connectivity index (χ2n) is 19.5. The molecule has 2 aliphatic heterocycles. The highest BCUT2D eigenvalue weighted by atomic mass is 32.1. The summed E-state index contributed by atoms with van der Waals surface area (Å²) in [5.41, 5.74) is 9.92. The van der Waals surface area contributed by atoms with Crippen molar-refractivity contribution in [1.82, 2.24) is 31.2 Å². The molecule has 5 aromatic rings. The number of carbonyl (C=O) groups excluding carboxylic acids is 5. The summed E-state index contributed by atoms with van der Waals surface area (Å²) in [5.74, 6) is 3.69. The number of aliphatic hydroxyl groups excluding tert-OH is 1. The summed E-state index contributed by atoms with van der Waals surface area (Å²) in [6.07, 6.45) is -0.742. The van der Waals surface area contributed by atoms with Crippen LogP contribution in [0.2, 0.25) is 0 Å². The van der Waals surface area contributed by atoms with E-state index in [1.54, 1.807) is 23.5 Å². The van der Waals surface area contributed by atoms with Gasteiger partial charge in [-0.3, -0.25) is 24.0 Å². The summed E-state index contributed by atoms with van der Waals surface area (Å²) in [4.78, 5) is 72.6. The molecule has 7 rings (SSSR count). The number of aromatic nitrogens is 1. The molecule has 0 unspecified atom stereocenters. The molecule has 0 radical (unpaired) electrons. The van der Waals surface area contributed by atoms with Crippen LogP contribution in [0, 0.1) is 24.2 Å². The first-order chi connectivity index (χ1) is 36.7. The number of carbonyl (C=O) groups is 5. The average Bonchev–Trinajstić information content (AvgIpc) is 4.13. The number of benzene rings is 4. The van der Waals surface area contributed by atoms with E-state index in [1.165, 1.54) is 4.90 Å². The lowest BCUT2D eigenvalue weighted by atomic mass is 9.85. The number of aryl methyl sites for hydroxylation is 1. The lowest BCUT2D eigenvalue weighted by Crippen LogP contribution is -2.57. The van der Waals surface area contributed by atoms with Gasteiger partial charge in [0.1, 0.15) is 12.1 Å². The van der Waals surface area contributed by atoms with E-state index < -0.39 is 29.5 Å². The highest BCUT2D eigenvalue weighted by molar-refractivity contribution is 7.13. The third kappa shape index (κ3) is 15.9. The first-order valence-electron chi connectivity index (χ1n) is 25.6. The van der Waals surface area contributed by atoms with E-state index in [2.05, 4.69) is 48.7 Å². The van der Waals surface area contributed by atoms with Gasteiger partial charge >= 0.3 is 0 Å². The van der Waals surface area contributed by atoms with Crippen LogP contribution in [-0.2, 0) is 51.3 Å². The summed E-state index contributed by atoms with van der Waals surface area (Å²) >= 11 is 1.57. The van der Waals surface area contributed by atoms with Gasteiger partial charge in [0.15, 0.2) is 0 Å². The number of nitrogens with zero attached hydrogens (tertiary/aromatic N) is 2. The fraction of sp³-hybridized carbons (Fsp3) is 0.379. The zero-order valence-corrected chi connectivity index (χ0v) is 44.6. The number of nitrogens with one attached hydrogen (secondary N) is 6. The molecule has 76 heavy (non-hydrogen) atoms. The van der Waals surface area contributed by atoms with Gasteiger partial charge in [0, 0.05) is 68.3 Å². The van der Waals surface area contributed by atoms with E-state index in [9.17, 15) is 29.1 Å². The van der Waals surface area contributed by atoms with E-state index in [0.29, 0.717) is 68.6 Å². The minimum Gasteiger partial charge on any atom is -0.391 e. The van der Waals surface area contributed by atoms with Crippen LogP contribution in [0.5, 0.6) is 0 Å². The third-order valence-corrected chi connectivity index (χ3v) is 13.6. The standard InChI is InChI=1S/C58H68N8O9S/c1-6-60-49(68)23-17-39-16-22-46-47(32-39)64-56(71)51(46)52(42-10-8-7-9-11-42)63-44-20-14-40(15-21-44)34-59-25-27-74-29-31-75-30-28-73-26-24-50(69)65-54(58(3,4)5)57(72)66-36-45(67)33-48(66)55(70)61-35-41-12-18-43(19-13-41)53-38(2)62-37-76-53/h7-16,18-22,32,37,45,48,54,59,63,67H,6,24-31,33-36H2,1-5H3,(H,60,68)(H,61,70)(H,64,71)(H,65,69)/b52-51-/t45-,48+,54-/m1/s1. The van der Waals surface area contributed by atoms with Gasteiger partial charge in [-0.25, -0.2) is 4.98 Å². The molecule has 0 saturated carbocycles. The Morgan fingerprint density at radius 3 is 2.24 bits per heavy atom. The Bertz CT molecular complexity index is 2890. The Kier molecular flexibility index (Phi) is 20.5. The largest absolute Gasteiger partial charge is 0.391 e. The number of hydrogen-bond donors (Lipinski definition) is 7. The fourth-order valence-electron chi connectivity index (χ4n) is 8.66. The number of hydrogen-bond acceptors (Lipinski definition) is 13. The van der Waals surface area contributed by atoms with Crippen molar-refractivity contribution >= 4 is 63.5 Å². The molecule has 0 spiro atoms. The Morgan fingerprint density at radius 2 is 1.55 bits per heavy atom. The predicted molar refractivity (Wildman–Crippen MR) is 294 cm³/mol. The van der Waals surface area contributed by atoms with Crippen LogP contribution >= 0.6 is 11.3 Å². The molecule has 2 aliphatic rings. The highest BCUT2D eigenvalue weighted by Gasteiger charge is 2.44. The SMILES string of the molecule is CCNC(=O)C#Cc1ccc2c(c1)NC(=O)/C2=C(\Nc1ccc(CNCCOCCOCCOCCC(=O)N[C@H](C(=O)N2C[C@H](O)C[C@H]2C(=O)NCc2ccc(-c3scnc3C)cc2)C(C)(C)C)cc1)c1ccccc1. The molecule has 0 aliphatic carbocycles. The summed E-state index contributed by atoms with van der Waals surface area (Å²) in [6, 6.07) is 29.2. The van der Waals surface area contributed by atoms with Crippen LogP contribution in [0.3, 0.4) is 0 Å². The van der Waals surface area contributed by atoms with E-state index >= 15 is 0 Å². The van der Waals surface area contributed by atoms with Crippen molar-refractivity contribution in [3.63, 3.8) is 0 Å². The molecule has 0 bridgehead atoms. The molecule has 3 atom stereocenters. The maximum absolute atomic E-state index is 14.0. The van der Waals surface area contributed by atoms with Gasteiger partial charge in [-0.15, -0.1) is 11.3 Å². The average molecular weight is 1050 g/mol. The summed E-state index contributed by atoms with van der Waals surface area (Å²) in [6.45, 7) is 13.3. The molecule has 400 valence electrons. The molecule has 5 amide bonds. The zero-order chi connectivity index (χ0) is 54.0. The van der Waals surface area contributed by atoms with Crippen molar-refractivity contribution in [3.05, 3.63) is 136 Å². The van der Waals surface area contributed by atoms with Gasteiger partial charge in [0.05, 0.1) is 78.8 Å². The first-order valence-corrected chi connectivity index (χ1v) is 26.5. The third-order valence-electron chi connectivity index (χ3n) is 12.6. The van der Waals surface area contributed by atoms with E-state index in [4.69, 9.17) is 14.2 Å². The second kappa shape index (κ2) is 27.5. The lowest BCUT2D eigenvalue weighted by Gasteiger charge is -2.35. The number of anilines is 2.